The van der Waals surface area contributed by atoms with Gasteiger partial charge in [0, 0.05) is 12.2 Å². The molecule has 10 nitrogen and oxygen atoms in total. The first-order valence-corrected chi connectivity index (χ1v) is 8.72. The maximum atomic E-state index is 13.3. The van der Waals surface area contributed by atoms with Crippen LogP contribution in [0.2, 0.25) is 0 Å². The number of halogens is 1. The molecule has 0 atom stereocenters. The molecule has 0 saturated carbocycles. The number of fused-ring (bicyclic) bond motifs is 2. The second-order valence-corrected chi connectivity index (χ2v) is 6.17. The molecule has 150 valence electrons. The van der Waals surface area contributed by atoms with Gasteiger partial charge in [-0.2, -0.15) is 4.98 Å². The van der Waals surface area contributed by atoms with E-state index in [0.717, 1.165) is 0 Å². The third-order valence-corrected chi connectivity index (χ3v) is 3.44. The molecule has 0 saturated heterocycles. The van der Waals surface area contributed by atoms with E-state index < -0.39 is 11.4 Å². The molecule has 4 rings (SSSR count). The fourth-order valence-electron chi connectivity index (χ4n) is 2.30. The van der Waals surface area contributed by atoms with Gasteiger partial charge in [-0.05, 0) is 13.8 Å². The Morgan fingerprint density at radius 1 is 1.14 bits per heavy atom. The minimum absolute atomic E-state index is 0.0289. The first-order valence-electron chi connectivity index (χ1n) is 8.72. The number of nitrogens with two attached hydrogens (primary N) is 1. The third-order valence-electron chi connectivity index (χ3n) is 3.44. The highest BCUT2D eigenvalue weighted by Crippen LogP contribution is 2.17. The van der Waals surface area contributed by atoms with Crippen LogP contribution in [0.3, 0.4) is 0 Å². The van der Waals surface area contributed by atoms with E-state index in [1.165, 1.54) is 25.3 Å². The molecule has 0 spiro atoms. The van der Waals surface area contributed by atoms with E-state index in [0.29, 0.717) is 16.8 Å². The summed E-state index contributed by atoms with van der Waals surface area (Å²) in [4.78, 5) is 41.1. The van der Waals surface area contributed by atoms with Crippen LogP contribution in [0.25, 0.3) is 22.2 Å². The lowest BCUT2D eigenvalue weighted by molar-refractivity contribution is 0.585. The van der Waals surface area contributed by atoms with Gasteiger partial charge in [-0.1, -0.05) is 20.3 Å². The van der Waals surface area contributed by atoms with Gasteiger partial charge in [-0.25, -0.2) is 14.4 Å². The van der Waals surface area contributed by atoms with Crippen molar-refractivity contribution in [3.05, 3.63) is 45.4 Å². The van der Waals surface area contributed by atoms with Crippen LogP contribution in [0.4, 0.5) is 10.3 Å². The summed E-state index contributed by atoms with van der Waals surface area (Å²) in [5.74, 6) is -0.447. The van der Waals surface area contributed by atoms with Crippen molar-refractivity contribution < 1.29 is 4.39 Å². The second kappa shape index (κ2) is 8.93. The van der Waals surface area contributed by atoms with E-state index in [1.54, 1.807) is 4.57 Å². The SMILES string of the molecule is CC(C)n1cc(F)c2c(=O)[nH]cnc21.CCC.Nc1nc2nc[nH]c2c(=O)[nH]1. The lowest BCUT2D eigenvalue weighted by Crippen LogP contribution is -2.10. The van der Waals surface area contributed by atoms with Gasteiger partial charge in [0.1, 0.15) is 5.39 Å². The van der Waals surface area contributed by atoms with Crippen LogP contribution in [0.15, 0.2) is 28.4 Å². The van der Waals surface area contributed by atoms with E-state index >= 15 is 0 Å². The average Bonchev–Trinajstić information content (AvgIpc) is 3.22. The number of aromatic amines is 3. The van der Waals surface area contributed by atoms with E-state index in [9.17, 15) is 14.0 Å². The van der Waals surface area contributed by atoms with Crippen LogP contribution in [0.1, 0.15) is 40.2 Å². The molecule has 0 bridgehead atoms. The average molecular weight is 390 g/mol. The number of nitrogens with one attached hydrogen (secondary N) is 3. The molecule has 0 radical (unpaired) electrons. The van der Waals surface area contributed by atoms with Gasteiger partial charge in [0.15, 0.2) is 22.6 Å². The first-order chi connectivity index (χ1) is 13.3. The summed E-state index contributed by atoms with van der Waals surface area (Å²) in [5.41, 5.74) is 5.60. The molecule has 4 heterocycles. The Bertz CT molecular complexity index is 1170. The largest absolute Gasteiger partial charge is 0.369 e. The molecule has 4 aromatic heterocycles. The van der Waals surface area contributed by atoms with Crippen LogP contribution in [-0.2, 0) is 0 Å². The molecular formula is C17H23FN8O2. The van der Waals surface area contributed by atoms with Gasteiger partial charge < -0.3 is 20.3 Å². The molecule has 11 heteroatoms. The zero-order valence-electron chi connectivity index (χ0n) is 16.1. The Labute approximate surface area is 159 Å². The summed E-state index contributed by atoms with van der Waals surface area (Å²) in [6.45, 7) is 8.06. The summed E-state index contributed by atoms with van der Waals surface area (Å²) in [6.07, 6.45) is 5.23. The number of anilines is 1. The molecule has 0 aliphatic carbocycles. The first kappa shape index (κ1) is 20.8. The molecule has 0 amide bonds. The minimum atomic E-state index is -0.525. The van der Waals surface area contributed by atoms with E-state index in [2.05, 4.69) is 43.8 Å². The van der Waals surface area contributed by atoms with Crippen LogP contribution in [0.5, 0.6) is 0 Å². The molecular weight excluding hydrogens is 367 g/mol. The van der Waals surface area contributed by atoms with E-state index in [1.807, 2.05) is 13.8 Å². The van der Waals surface area contributed by atoms with Crippen molar-refractivity contribution in [2.75, 3.05) is 5.73 Å². The van der Waals surface area contributed by atoms with Gasteiger partial charge in [0.25, 0.3) is 11.1 Å². The molecule has 0 aliphatic heterocycles. The lowest BCUT2D eigenvalue weighted by Gasteiger charge is -2.06. The van der Waals surface area contributed by atoms with Crippen molar-refractivity contribution >= 4 is 28.1 Å². The van der Waals surface area contributed by atoms with Crippen molar-refractivity contribution in [1.29, 1.82) is 0 Å². The van der Waals surface area contributed by atoms with E-state index in [-0.39, 0.29) is 22.9 Å². The molecule has 0 aromatic carbocycles. The third kappa shape index (κ3) is 4.42. The zero-order valence-corrected chi connectivity index (χ0v) is 16.1. The minimum Gasteiger partial charge on any atom is -0.369 e. The highest BCUT2D eigenvalue weighted by molar-refractivity contribution is 5.75. The van der Waals surface area contributed by atoms with Gasteiger partial charge in [0.2, 0.25) is 5.95 Å². The van der Waals surface area contributed by atoms with Gasteiger partial charge in [0.05, 0.1) is 12.7 Å². The van der Waals surface area contributed by atoms with Crippen molar-refractivity contribution in [2.24, 2.45) is 0 Å². The number of nitrogen functional groups attached to an aromatic ring is 1. The number of imidazole rings is 1. The van der Waals surface area contributed by atoms with Crippen LogP contribution < -0.4 is 16.9 Å². The van der Waals surface area contributed by atoms with Crippen molar-refractivity contribution in [3.63, 3.8) is 0 Å². The standard InChI is InChI=1S/C9H10FN3O.C5H5N5O.C3H8/c1-5(2)13-3-6(10)7-8(13)11-4-12-9(7)14;6-5-9-3-2(4(11)10-5)7-1-8-3;1-3-2/h3-5H,1-2H3,(H,11,12,14);1H,(H4,6,7,8,9,10,11);3H2,1-2H3. The van der Waals surface area contributed by atoms with Gasteiger partial charge in [-0.15, -0.1) is 0 Å². The summed E-state index contributed by atoms with van der Waals surface area (Å²) < 4.78 is 15.0. The Morgan fingerprint density at radius 2 is 1.79 bits per heavy atom. The molecule has 0 unspecified atom stereocenters. The molecule has 0 fully saturated rings. The maximum absolute atomic E-state index is 13.3. The van der Waals surface area contributed by atoms with E-state index in [4.69, 9.17) is 5.73 Å². The predicted octanol–water partition coefficient (Wildman–Crippen LogP) is 2.09. The Morgan fingerprint density at radius 3 is 2.43 bits per heavy atom. The Hall–Kier alpha value is -3.50. The second-order valence-electron chi connectivity index (χ2n) is 6.17. The smallest absolute Gasteiger partial charge is 0.278 e. The number of rotatable bonds is 1. The number of nitrogens with zero attached hydrogens (tertiary/aromatic N) is 4. The van der Waals surface area contributed by atoms with Crippen LogP contribution in [-0.4, -0.2) is 34.5 Å². The quantitative estimate of drug-likeness (QED) is 0.391. The summed E-state index contributed by atoms with van der Waals surface area (Å²) in [7, 11) is 0. The lowest BCUT2D eigenvalue weighted by atomic mass is 10.4. The topological polar surface area (TPSA) is 151 Å². The Balaban J connectivity index is 0.000000180. The van der Waals surface area contributed by atoms with Crippen LogP contribution in [0, 0.1) is 5.82 Å². The predicted molar refractivity (Wildman–Crippen MR) is 106 cm³/mol. The molecule has 5 N–H and O–H groups in total. The van der Waals surface area contributed by atoms with Crippen molar-refractivity contribution in [1.82, 2.24) is 34.5 Å². The summed E-state index contributed by atoms with van der Waals surface area (Å²) >= 11 is 0. The van der Waals surface area contributed by atoms with Gasteiger partial charge >= 0.3 is 0 Å². The number of aromatic nitrogens is 7. The van der Waals surface area contributed by atoms with Crippen molar-refractivity contribution in [2.45, 2.75) is 40.2 Å². The van der Waals surface area contributed by atoms with Crippen molar-refractivity contribution in [3.8, 4) is 0 Å². The molecule has 4 aromatic rings. The molecule has 28 heavy (non-hydrogen) atoms. The monoisotopic (exact) mass is 390 g/mol. The Kier molecular flexibility index (Phi) is 6.64. The summed E-state index contributed by atoms with van der Waals surface area (Å²) in [5, 5.41) is 0.0289. The fourth-order valence-corrected chi connectivity index (χ4v) is 2.30. The zero-order chi connectivity index (χ0) is 20.8. The maximum Gasteiger partial charge on any atom is 0.278 e. The number of hydrogen-bond donors (Lipinski definition) is 4. The van der Waals surface area contributed by atoms with Crippen LogP contribution >= 0.6 is 0 Å². The van der Waals surface area contributed by atoms with Gasteiger partial charge in [-0.3, -0.25) is 14.6 Å². The number of hydrogen-bond acceptors (Lipinski definition) is 6. The normalized spacial score (nSPS) is 10.5. The highest BCUT2D eigenvalue weighted by atomic mass is 19.1. The highest BCUT2D eigenvalue weighted by Gasteiger charge is 2.13. The summed E-state index contributed by atoms with van der Waals surface area (Å²) in [6, 6.07) is 0.0799. The number of H-pyrrole nitrogens is 3. The molecule has 0 aliphatic rings. The fraction of sp³-hybridized carbons (Fsp3) is 0.353.